The lowest BCUT2D eigenvalue weighted by atomic mass is 9.96. The van der Waals surface area contributed by atoms with Crippen molar-refractivity contribution >= 4 is 70.3 Å². The lowest BCUT2D eigenvalue weighted by Crippen LogP contribution is -2.81. The molecule has 12 heteroatoms. The molecule has 2 aliphatic rings. The first kappa shape index (κ1) is 28.3. The number of aliphatic carboxylic acids is 1. The van der Waals surface area contributed by atoms with Crippen LogP contribution in [0, 0.1) is 0 Å². The molecular formula is C26H22Cl2N2O6S2. The SMILES string of the molecule is C=CCC(=O)C1=C(C(=O)O)N2C(=O)C(NC(=O)C(Sc3cc(Cl)ccc3Cl)c3ccccc3)(OC)[C@@H]2SC1. The predicted molar refractivity (Wildman–Crippen MR) is 147 cm³/mol. The van der Waals surface area contributed by atoms with Gasteiger partial charge in [0.2, 0.25) is 5.91 Å². The third-order valence-corrected chi connectivity index (χ3v) is 9.31. The van der Waals surface area contributed by atoms with Crippen LogP contribution in [0.5, 0.6) is 0 Å². The van der Waals surface area contributed by atoms with Crippen LogP contribution in [-0.4, -0.2) is 57.5 Å². The van der Waals surface area contributed by atoms with Crippen LogP contribution < -0.4 is 5.32 Å². The topological polar surface area (TPSA) is 113 Å². The third kappa shape index (κ3) is 5.11. The molecule has 2 aromatic carbocycles. The van der Waals surface area contributed by atoms with E-state index in [1.54, 1.807) is 42.5 Å². The number of carboxylic acid groups (broad SMARTS) is 1. The van der Waals surface area contributed by atoms with Gasteiger partial charge in [0, 0.05) is 34.8 Å². The number of ketones is 1. The Kier molecular flexibility index (Phi) is 8.59. The average molecular weight is 594 g/mol. The van der Waals surface area contributed by atoms with E-state index in [0.717, 1.165) is 28.4 Å². The zero-order chi connectivity index (χ0) is 27.6. The molecule has 0 spiro atoms. The van der Waals surface area contributed by atoms with Crippen LogP contribution in [0.25, 0.3) is 0 Å². The number of amides is 2. The number of thioether (sulfide) groups is 2. The molecule has 1 saturated heterocycles. The number of carboxylic acids is 1. The number of methoxy groups -OCH3 is 1. The Labute approximate surface area is 237 Å². The molecule has 4 rings (SSSR count). The van der Waals surface area contributed by atoms with Crippen molar-refractivity contribution in [3.05, 3.63) is 88.1 Å². The number of Topliss-reactive ketones (excluding diaryl/α,β-unsaturated/α-hetero) is 1. The number of carbonyl (C=O) groups is 4. The summed E-state index contributed by atoms with van der Waals surface area (Å²) in [6.45, 7) is 3.52. The number of carbonyl (C=O) groups excluding carboxylic acids is 3. The van der Waals surface area contributed by atoms with E-state index in [1.165, 1.54) is 13.2 Å². The third-order valence-electron chi connectivity index (χ3n) is 6.01. The molecule has 0 aromatic heterocycles. The number of nitrogens with one attached hydrogen (secondary N) is 1. The van der Waals surface area contributed by atoms with Gasteiger partial charge in [0.15, 0.2) is 5.78 Å². The van der Waals surface area contributed by atoms with Gasteiger partial charge in [0.05, 0.1) is 5.02 Å². The second-order valence-corrected chi connectivity index (χ2v) is 11.4. The lowest BCUT2D eigenvalue weighted by molar-refractivity contribution is -0.192. The summed E-state index contributed by atoms with van der Waals surface area (Å²) in [5.41, 5.74) is -1.59. The van der Waals surface area contributed by atoms with Crippen LogP contribution in [0.15, 0.2) is 77.4 Å². The number of benzene rings is 2. The Bertz CT molecular complexity index is 1350. The summed E-state index contributed by atoms with van der Waals surface area (Å²) < 4.78 is 5.56. The quantitative estimate of drug-likeness (QED) is 0.177. The van der Waals surface area contributed by atoms with Gasteiger partial charge in [-0.3, -0.25) is 19.3 Å². The number of nitrogens with zero attached hydrogens (tertiary/aromatic N) is 1. The normalized spacial score (nSPS) is 21.3. The first-order valence-electron chi connectivity index (χ1n) is 11.2. The monoisotopic (exact) mass is 592 g/mol. The highest BCUT2D eigenvalue weighted by molar-refractivity contribution is 8.00. The Balaban J connectivity index is 1.66. The fourth-order valence-electron chi connectivity index (χ4n) is 4.19. The van der Waals surface area contributed by atoms with E-state index in [1.807, 2.05) is 6.07 Å². The van der Waals surface area contributed by atoms with E-state index >= 15 is 0 Å². The van der Waals surface area contributed by atoms with Gasteiger partial charge in [-0.05, 0) is 23.8 Å². The Morgan fingerprint density at radius 2 is 2.00 bits per heavy atom. The maximum Gasteiger partial charge on any atom is 0.353 e. The molecule has 2 unspecified atom stereocenters. The Hall–Kier alpha value is -2.76. The summed E-state index contributed by atoms with van der Waals surface area (Å²) in [6, 6.07) is 13.8. The van der Waals surface area contributed by atoms with Gasteiger partial charge in [0.1, 0.15) is 16.3 Å². The largest absolute Gasteiger partial charge is 0.477 e. The van der Waals surface area contributed by atoms with Crippen molar-refractivity contribution in [2.24, 2.45) is 0 Å². The van der Waals surface area contributed by atoms with Gasteiger partial charge in [0.25, 0.3) is 11.6 Å². The fourth-order valence-corrected chi connectivity index (χ4v) is 7.23. The maximum atomic E-state index is 13.7. The number of β-lactam (4-membered cyclic amide) rings is 1. The van der Waals surface area contributed by atoms with E-state index < -0.39 is 45.6 Å². The minimum absolute atomic E-state index is 0.0105. The van der Waals surface area contributed by atoms with E-state index in [2.05, 4.69) is 11.9 Å². The standard InChI is InChI=1S/C26H22Cl2N2O6S2/c1-3-7-18(31)16-13-37-25-26(36-2,24(35)30(25)20(16)23(33)34)29-22(32)21(14-8-5-4-6-9-14)38-19-12-15(27)10-11-17(19)28/h3-6,8-12,21,25H,1,7,13H2,2H3,(H,29,32)(H,33,34)/t21?,25-,26?/m0/s1. The summed E-state index contributed by atoms with van der Waals surface area (Å²) in [7, 11) is 1.26. The molecule has 0 bridgehead atoms. The van der Waals surface area contributed by atoms with E-state index in [0.29, 0.717) is 20.5 Å². The van der Waals surface area contributed by atoms with Crippen molar-refractivity contribution in [2.45, 2.75) is 27.7 Å². The number of allylic oxidation sites excluding steroid dienone is 1. The minimum atomic E-state index is -1.83. The Morgan fingerprint density at radius 1 is 1.29 bits per heavy atom. The number of hydrogen-bond acceptors (Lipinski definition) is 7. The predicted octanol–water partition coefficient (Wildman–Crippen LogP) is 4.68. The van der Waals surface area contributed by atoms with Crippen molar-refractivity contribution < 1.29 is 29.0 Å². The summed E-state index contributed by atoms with van der Waals surface area (Å²) >= 11 is 14.8. The number of ether oxygens (including phenoxy) is 1. The van der Waals surface area contributed by atoms with Crippen molar-refractivity contribution in [1.29, 1.82) is 0 Å². The van der Waals surface area contributed by atoms with Gasteiger partial charge in [-0.1, -0.05) is 59.6 Å². The summed E-state index contributed by atoms with van der Waals surface area (Å²) in [5.74, 6) is -3.17. The van der Waals surface area contributed by atoms with Crippen LogP contribution in [0.3, 0.4) is 0 Å². The van der Waals surface area contributed by atoms with Gasteiger partial charge < -0.3 is 15.2 Å². The van der Waals surface area contributed by atoms with Crippen LogP contribution in [0.2, 0.25) is 10.0 Å². The van der Waals surface area contributed by atoms with Crippen molar-refractivity contribution in [2.75, 3.05) is 12.9 Å². The number of rotatable bonds is 10. The van der Waals surface area contributed by atoms with E-state index in [4.69, 9.17) is 27.9 Å². The summed E-state index contributed by atoms with van der Waals surface area (Å²) in [6.07, 6.45) is 1.31. The molecule has 2 aromatic rings. The molecule has 0 aliphatic carbocycles. The van der Waals surface area contributed by atoms with Crippen LogP contribution >= 0.6 is 46.7 Å². The van der Waals surface area contributed by atoms with Crippen molar-refractivity contribution in [1.82, 2.24) is 10.2 Å². The molecule has 198 valence electrons. The highest BCUT2D eigenvalue weighted by atomic mass is 35.5. The minimum Gasteiger partial charge on any atom is -0.477 e. The average Bonchev–Trinajstić information content (AvgIpc) is 2.91. The van der Waals surface area contributed by atoms with Gasteiger partial charge >= 0.3 is 5.97 Å². The molecule has 0 saturated carbocycles. The zero-order valence-corrected chi connectivity index (χ0v) is 23.1. The number of fused-ring (bicyclic) bond motifs is 1. The molecule has 0 radical (unpaired) electrons. The number of hydrogen-bond donors (Lipinski definition) is 2. The Morgan fingerprint density at radius 3 is 2.63 bits per heavy atom. The summed E-state index contributed by atoms with van der Waals surface area (Å²) in [4.78, 5) is 53.3. The molecule has 8 nitrogen and oxygen atoms in total. The van der Waals surface area contributed by atoms with Gasteiger partial charge in [-0.2, -0.15) is 0 Å². The molecule has 1 fully saturated rings. The first-order chi connectivity index (χ1) is 18.1. The highest BCUT2D eigenvalue weighted by Gasteiger charge is 2.67. The van der Waals surface area contributed by atoms with E-state index in [9.17, 15) is 24.3 Å². The van der Waals surface area contributed by atoms with Gasteiger partial charge in [-0.15, -0.1) is 30.1 Å². The van der Waals surface area contributed by atoms with Crippen LogP contribution in [-0.2, 0) is 23.9 Å². The lowest BCUT2D eigenvalue weighted by Gasteiger charge is -2.55. The van der Waals surface area contributed by atoms with Crippen molar-refractivity contribution in [3.8, 4) is 0 Å². The molecule has 38 heavy (non-hydrogen) atoms. The van der Waals surface area contributed by atoms with Crippen molar-refractivity contribution in [3.63, 3.8) is 0 Å². The highest BCUT2D eigenvalue weighted by Crippen LogP contribution is 2.48. The first-order valence-corrected chi connectivity index (χ1v) is 13.9. The number of halogens is 2. The summed E-state index contributed by atoms with van der Waals surface area (Å²) in [5, 5.41) is 11.7. The van der Waals surface area contributed by atoms with Crippen LogP contribution in [0.4, 0.5) is 0 Å². The second kappa shape index (κ2) is 11.5. The smallest absolute Gasteiger partial charge is 0.353 e. The molecule has 2 N–H and O–H groups in total. The molecular weight excluding hydrogens is 571 g/mol. The molecule has 2 heterocycles. The van der Waals surface area contributed by atoms with E-state index in [-0.39, 0.29) is 17.7 Å². The van der Waals surface area contributed by atoms with Gasteiger partial charge in [-0.25, -0.2) is 4.79 Å². The molecule has 2 aliphatic heterocycles. The second-order valence-electron chi connectivity index (χ2n) is 8.30. The maximum absolute atomic E-state index is 13.7. The molecule has 2 amide bonds. The zero-order valence-electron chi connectivity index (χ0n) is 20.0. The molecule has 3 atom stereocenters. The fraction of sp³-hybridized carbons (Fsp3) is 0.231. The van der Waals surface area contributed by atoms with Crippen LogP contribution in [0.1, 0.15) is 17.2 Å².